The molecule has 0 bridgehead atoms. The fourth-order valence-electron chi connectivity index (χ4n) is 1.46. The number of hydrogen-bond acceptors (Lipinski definition) is 3. The van der Waals surface area contributed by atoms with E-state index >= 15 is 0 Å². The number of amidine groups is 1. The summed E-state index contributed by atoms with van der Waals surface area (Å²) in [7, 11) is 0. The molecule has 0 amide bonds. The van der Waals surface area contributed by atoms with Gasteiger partial charge in [0.1, 0.15) is 11.7 Å². The van der Waals surface area contributed by atoms with E-state index in [1.807, 2.05) is 12.3 Å². The van der Waals surface area contributed by atoms with Gasteiger partial charge in [0.25, 0.3) is 0 Å². The highest BCUT2D eigenvalue weighted by Gasteiger charge is 2.23. The van der Waals surface area contributed by atoms with Gasteiger partial charge in [0.15, 0.2) is 0 Å². The molecule has 1 aliphatic carbocycles. The van der Waals surface area contributed by atoms with Crippen molar-refractivity contribution in [2.24, 2.45) is 4.99 Å². The lowest BCUT2D eigenvalue weighted by molar-refractivity contribution is 0.379. The van der Waals surface area contributed by atoms with Gasteiger partial charge in [0, 0.05) is 18.3 Å². The standard InChI is InChI=1S/C11H17N3/c1-8(2)14-7-6-11(12-9(14)3)13-10-4-5-10/h6-8,10H,3-5H2,1-2H3,(H,12,13). The Hall–Kier alpha value is -1.25. The normalized spacial score (nSPS) is 21.5. The minimum atomic E-state index is 0.421. The van der Waals surface area contributed by atoms with Gasteiger partial charge in [0.2, 0.25) is 0 Å². The van der Waals surface area contributed by atoms with Gasteiger partial charge in [-0.25, -0.2) is 4.99 Å². The summed E-state index contributed by atoms with van der Waals surface area (Å²) in [5, 5.41) is 3.36. The van der Waals surface area contributed by atoms with E-state index in [1.54, 1.807) is 0 Å². The quantitative estimate of drug-likeness (QED) is 0.721. The van der Waals surface area contributed by atoms with E-state index in [9.17, 15) is 0 Å². The lowest BCUT2D eigenvalue weighted by Gasteiger charge is -2.27. The van der Waals surface area contributed by atoms with Crippen LogP contribution in [0.1, 0.15) is 26.7 Å². The van der Waals surface area contributed by atoms with Crippen molar-refractivity contribution in [3.05, 3.63) is 24.7 Å². The van der Waals surface area contributed by atoms with Crippen LogP contribution in [0, 0.1) is 0 Å². The largest absolute Gasteiger partial charge is 0.367 e. The summed E-state index contributed by atoms with van der Waals surface area (Å²) in [5.41, 5.74) is 0. The van der Waals surface area contributed by atoms with Gasteiger partial charge < -0.3 is 10.2 Å². The predicted molar refractivity (Wildman–Crippen MR) is 58.8 cm³/mol. The Balaban J connectivity index is 2.00. The van der Waals surface area contributed by atoms with Crippen molar-refractivity contribution < 1.29 is 0 Å². The molecule has 0 aromatic rings. The summed E-state index contributed by atoms with van der Waals surface area (Å²) in [4.78, 5) is 6.48. The summed E-state index contributed by atoms with van der Waals surface area (Å²) in [5.74, 6) is 1.78. The van der Waals surface area contributed by atoms with Gasteiger partial charge in [-0.1, -0.05) is 6.58 Å². The Kier molecular flexibility index (Phi) is 2.32. The third-order valence-electron chi connectivity index (χ3n) is 2.43. The van der Waals surface area contributed by atoms with Crippen molar-refractivity contribution in [1.29, 1.82) is 0 Å². The van der Waals surface area contributed by atoms with Crippen LogP contribution in [-0.4, -0.2) is 22.8 Å². The van der Waals surface area contributed by atoms with E-state index in [0.29, 0.717) is 12.1 Å². The number of nitrogens with zero attached hydrogens (tertiary/aromatic N) is 2. The fraction of sp³-hybridized carbons (Fsp3) is 0.545. The number of nitrogens with one attached hydrogen (secondary N) is 1. The highest BCUT2D eigenvalue weighted by atomic mass is 15.3. The van der Waals surface area contributed by atoms with Crippen LogP contribution in [0.2, 0.25) is 0 Å². The maximum Gasteiger partial charge on any atom is 0.130 e. The molecule has 0 aromatic carbocycles. The molecule has 0 atom stereocenters. The first-order valence-electron chi connectivity index (χ1n) is 5.17. The molecule has 3 nitrogen and oxygen atoms in total. The maximum atomic E-state index is 4.42. The molecule has 0 radical (unpaired) electrons. The third-order valence-corrected chi connectivity index (χ3v) is 2.43. The highest BCUT2D eigenvalue weighted by Crippen LogP contribution is 2.20. The zero-order chi connectivity index (χ0) is 10.1. The summed E-state index contributed by atoms with van der Waals surface area (Å²) in [6, 6.07) is 1.07. The zero-order valence-corrected chi connectivity index (χ0v) is 8.83. The Morgan fingerprint density at radius 3 is 2.79 bits per heavy atom. The van der Waals surface area contributed by atoms with Crippen LogP contribution in [0.25, 0.3) is 0 Å². The first kappa shape index (κ1) is 9.31. The summed E-state index contributed by atoms with van der Waals surface area (Å²) < 4.78 is 0. The van der Waals surface area contributed by atoms with Gasteiger partial charge in [-0.3, -0.25) is 0 Å². The van der Waals surface area contributed by atoms with Crippen molar-refractivity contribution in [3.8, 4) is 0 Å². The summed E-state index contributed by atoms with van der Waals surface area (Å²) in [6.45, 7) is 8.20. The topological polar surface area (TPSA) is 27.6 Å². The van der Waals surface area contributed by atoms with E-state index in [4.69, 9.17) is 0 Å². The van der Waals surface area contributed by atoms with Crippen LogP contribution < -0.4 is 5.32 Å². The van der Waals surface area contributed by atoms with E-state index < -0.39 is 0 Å². The molecule has 1 N–H and O–H groups in total. The van der Waals surface area contributed by atoms with Crippen molar-refractivity contribution in [3.63, 3.8) is 0 Å². The fourth-order valence-corrected chi connectivity index (χ4v) is 1.46. The molecule has 1 heterocycles. The molecule has 0 unspecified atom stereocenters. The Morgan fingerprint density at radius 2 is 2.29 bits per heavy atom. The minimum Gasteiger partial charge on any atom is -0.367 e. The van der Waals surface area contributed by atoms with Crippen LogP contribution in [0.3, 0.4) is 0 Å². The molecule has 1 fully saturated rings. The van der Waals surface area contributed by atoms with Crippen LogP contribution in [-0.2, 0) is 0 Å². The molecule has 76 valence electrons. The van der Waals surface area contributed by atoms with E-state index in [2.05, 4.69) is 35.6 Å². The van der Waals surface area contributed by atoms with Crippen LogP contribution >= 0.6 is 0 Å². The SMILES string of the molecule is C=C1N=C(NC2CC2)C=CN1C(C)C. The average molecular weight is 191 g/mol. The predicted octanol–water partition coefficient (Wildman–Crippen LogP) is 1.85. The molecule has 14 heavy (non-hydrogen) atoms. The molecular formula is C11H17N3. The molecule has 0 spiro atoms. The van der Waals surface area contributed by atoms with Crippen molar-refractivity contribution in [1.82, 2.24) is 10.2 Å². The first-order chi connectivity index (χ1) is 6.66. The smallest absolute Gasteiger partial charge is 0.130 e. The lowest BCUT2D eigenvalue weighted by atomic mass is 10.3. The lowest BCUT2D eigenvalue weighted by Crippen LogP contribution is -2.31. The zero-order valence-electron chi connectivity index (χ0n) is 8.83. The van der Waals surface area contributed by atoms with Crippen LogP contribution in [0.5, 0.6) is 0 Å². The molecule has 0 saturated heterocycles. The molecule has 1 aliphatic heterocycles. The van der Waals surface area contributed by atoms with Crippen molar-refractivity contribution in [2.45, 2.75) is 38.8 Å². The Bertz CT molecular complexity index is 298. The van der Waals surface area contributed by atoms with Gasteiger partial charge in [-0.05, 0) is 32.8 Å². The molecule has 2 rings (SSSR count). The Morgan fingerprint density at radius 1 is 1.57 bits per heavy atom. The third kappa shape index (κ3) is 1.97. The van der Waals surface area contributed by atoms with Gasteiger partial charge >= 0.3 is 0 Å². The van der Waals surface area contributed by atoms with E-state index in [1.165, 1.54) is 12.8 Å². The second-order valence-electron chi connectivity index (χ2n) is 4.15. The minimum absolute atomic E-state index is 0.421. The Labute approximate surface area is 85.2 Å². The van der Waals surface area contributed by atoms with Crippen molar-refractivity contribution in [2.75, 3.05) is 0 Å². The van der Waals surface area contributed by atoms with Gasteiger partial charge in [0.05, 0.1) is 0 Å². The molecule has 2 aliphatic rings. The monoisotopic (exact) mass is 191 g/mol. The number of aliphatic imine (C=N–C) groups is 1. The molecule has 1 saturated carbocycles. The second-order valence-corrected chi connectivity index (χ2v) is 4.15. The molecule has 3 heteroatoms. The van der Waals surface area contributed by atoms with Crippen molar-refractivity contribution >= 4 is 5.84 Å². The highest BCUT2D eigenvalue weighted by molar-refractivity contribution is 5.94. The van der Waals surface area contributed by atoms with E-state index in [0.717, 1.165) is 11.7 Å². The number of hydrogen-bond donors (Lipinski definition) is 1. The number of rotatable bonds is 2. The average Bonchev–Trinajstić information content (AvgIpc) is 2.87. The van der Waals surface area contributed by atoms with Crippen LogP contribution in [0.4, 0.5) is 0 Å². The first-order valence-corrected chi connectivity index (χ1v) is 5.17. The second kappa shape index (κ2) is 3.48. The van der Waals surface area contributed by atoms with Gasteiger partial charge in [-0.2, -0.15) is 0 Å². The summed E-state index contributed by atoms with van der Waals surface area (Å²) >= 11 is 0. The maximum absolute atomic E-state index is 4.42. The van der Waals surface area contributed by atoms with Gasteiger partial charge in [-0.15, -0.1) is 0 Å². The molecule has 0 aromatic heterocycles. The van der Waals surface area contributed by atoms with E-state index in [-0.39, 0.29) is 0 Å². The van der Waals surface area contributed by atoms with Crippen LogP contribution in [0.15, 0.2) is 29.7 Å². The molecular weight excluding hydrogens is 174 g/mol. The summed E-state index contributed by atoms with van der Waals surface area (Å²) in [6.07, 6.45) is 6.61.